The molecule has 3 amide bonds. The Hall–Kier alpha value is -2.85. The third-order valence-electron chi connectivity index (χ3n) is 4.96. The molecular formula is C20H30N4O6. The minimum Gasteiger partial charge on any atom is -0.504 e. The van der Waals surface area contributed by atoms with Gasteiger partial charge >= 0.3 is 0 Å². The average molecular weight is 422 g/mol. The van der Waals surface area contributed by atoms with Crippen molar-refractivity contribution >= 4 is 17.7 Å². The van der Waals surface area contributed by atoms with Crippen LogP contribution in [-0.2, 0) is 20.8 Å². The Bertz CT molecular complexity index is 785. The first-order valence-electron chi connectivity index (χ1n) is 9.82. The van der Waals surface area contributed by atoms with E-state index in [1.807, 2.05) is 19.0 Å². The summed E-state index contributed by atoms with van der Waals surface area (Å²) in [5.74, 6) is -2.00. The fourth-order valence-electron chi connectivity index (χ4n) is 3.08. The predicted molar refractivity (Wildman–Crippen MR) is 109 cm³/mol. The van der Waals surface area contributed by atoms with Crippen LogP contribution in [0, 0.1) is 0 Å². The summed E-state index contributed by atoms with van der Waals surface area (Å²) in [6.45, 7) is 3.10. The molecule has 0 radical (unpaired) electrons. The van der Waals surface area contributed by atoms with Gasteiger partial charge in [-0.05, 0) is 45.1 Å². The maximum Gasteiger partial charge on any atom is 0.249 e. The molecule has 2 rings (SSSR count). The van der Waals surface area contributed by atoms with E-state index in [1.54, 1.807) is 0 Å². The van der Waals surface area contributed by atoms with E-state index >= 15 is 0 Å². The number of likely N-dealkylation sites (tertiary alicyclic amines) is 1. The van der Waals surface area contributed by atoms with E-state index in [4.69, 9.17) is 0 Å². The molecule has 1 aromatic carbocycles. The molecule has 0 saturated carbocycles. The molecule has 1 fully saturated rings. The number of hydrogen-bond acceptors (Lipinski definition) is 7. The standard InChI is InChI=1S/C20H30N4O6/c1-12(20(30)24-8-6-14(24)18(28)21-7-9-23(2)3)22-19(29)17(27)11-13-4-5-15(25)16(26)10-13/h4-5,10,12,14,17,25-27H,6-9,11H2,1-3H3,(H,21,28)(H,22,29)/t12-,14-,17+/m0/s1. The molecule has 5 N–H and O–H groups in total. The Labute approximate surface area is 175 Å². The summed E-state index contributed by atoms with van der Waals surface area (Å²) in [7, 11) is 3.79. The summed E-state index contributed by atoms with van der Waals surface area (Å²) in [6, 6.07) is 2.52. The number of aliphatic hydroxyl groups is 1. The Morgan fingerprint density at radius 2 is 1.93 bits per heavy atom. The lowest BCUT2D eigenvalue weighted by Crippen LogP contribution is -2.62. The number of benzene rings is 1. The second kappa shape index (κ2) is 10.3. The summed E-state index contributed by atoms with van der Waals surface area (Å²) in [4.78, 5) is 40.4. The van der Waals surface area contributed by atoms with E-state index < -0.39 is 30.0 Å². The average Bonchev–Trinajstić information content (AvgIpc) is 2.63. The number of aromatic hydroxyl groups is 2. The van der Waals surface area contributed by atoms with Crippen LogP contribution >= 0.6 is 0 Å². The Morgan fingerprint density at radius 1 is 1.23 bits per heavy atom. The van der Waals surface area contributed by atoms with Gasteiger partial charge in [0.15, 0.2) is 11.5 Å². The van der Waals surface area contributed by atoms with Gasteiger partial charge < -0.3 is 35.8 Å². The summed E-state index contributed by atoms with van der Waals surface area (Å²) in [5.41, 5.74) is 0.448. The van der Waals surface area contributed by atoms with Gasteiger partial charge in [0.1, 0.15) is 18.2 Å². The number of nitrogens with one attached hydrogen (secondary N) is 2. The molecule has 1 saturated heterocycles. The molecule has 0 spiro atoms. The highest BCUT2D eigenvalue weighted by atomic mass is 16.3. The van der Waals surface area contributed by atoms with Crippen LogP contribution in [0.3, 0.4) is 0 Å². The SMILES string of the molecule is C[C@H](NC(=O)[C@H](O)Cc1ccc(O)c(O)c1)C(=O)N1CC[C@H]1C(=O)NCCN(C)C. The topological polar surface area (TPSA) is 142 Å². The number of nitrogens with zero attached hydrogens (tertiary/aromatic N) is 2. The van der Waals surface area contributed by atoms with Crippen molar-refractivity contribution in [3.8, 4) is 11.5 Å². The third-order valence-corrected chi connectivity index (χ3v) is 4.96. The molecular weight excluding hydrogens is 392 g/mol. The van der Waals surface area contributed by atoms with Gasteiger partial charge in [-0.1, -0.05) is 6.07 Å². The normalized spacial score (nSPS) is 17.8. The number of likely N-dealkylation sites (N-methyl/N-ethyl adjacent to an activating group) is 1. The van der Waals surface area contributed by atoms with Crippen molar-refractivity contribution in [3.05, 3.63) is 23.8 Å². The first kappa shape index (κ1) is 23.4. The Kier molecular flexibility index (Phi) is 8.01. The number of carbonyl (C=O) groups is 3. The largest absolute Gasteiger partial charge is 0.504 e. The molecule has 1 aliphatic rings. The van der Waals surface area contributed by atoms with Gasteiger partial charge in [0, 0.05) is 26.1 Å². The maximum atomic E-state index is 12.6. The van der Waals surface area contributed by atoms with Crippen molar-refractivity contribution in [1.29, 1.82) is 0 Å². The molecule has 1 aliphatic heterocycles. The van der Waals surface area contributed by atoms with Crippen molar-refractivity contribution in [2.75, 3.05) is 33.7 Å². The number of phenolic OH excluding ortho intramolecular Hbond substituents is 2. The maximum absolute atomic E-state index is 12.6. The van der Waals surface area contributed by atoms with E-state index in [1.165, 1.54) is 30.0 Å². The minimum absolute atomic E-state index is 0.0960. The number of rotatable bonds is 9. The van der Waals surface area contributed by atoms with Gasteiger partial charge in [0.2, 0.25) is 17.7 Å². The third kappa shape index (κ3) is 6.07. The molecule has 10 nitrogen and oxygen atoms in total. The molecule has 3 atom stereocenters. The van der Waals surface area contributed by atoms with E-state index in [0.29, 0.717) is 31.6 Å². The molecule has 1 aromatic rings. The van der Waals surface area contributed by atoms with E-state index in [9.17, 15) is 29.7 Å². The molecule has 10 heteroatoms. The van der Waals surface area contributed by atoms with Crippen LogP contribution in [0.1, 0.15) is 18.9 Å². The first-order valence-corrected chi connectivity index (χ1v) is 9.82. The smallest absolute Gasteiger partial charge is 0.249 e. The molecule has 0 aromatic heterocycles. The van der Waals surface area contributed by atoms with E-state index in [2.05, 4.69) is 10.6 Å². The Morgan fingerprint density at radius 3 is 2.50 bits per heavy atom. The highest BCUT2D eigenvalue weighted by molar-refractivity contribution is 5.93. The van der Waals surface area contributed by atoms with Gasteiger partial charge in [-0.15, -0.1) is 0 Å². The highest BCUT2D eigenvalue weighted by Gasteiger charge is 2.39. The number of amides is 3. The highest BCUT2D eigenvalue weighted by Crippen LogP contribution is 2.25. The van der Waals surface area contributed by atoms with Gasteiger partial charge in [0.25, 0.3) is 0 Å². The van der Waals surface area contributed by atoms with Crippen LogP contribution in [0.15, 0.2) is 18.2 Å². The van der Waals surface area contributed by atoms with Crippen LogP contribution < -0.4 is 10.6 Å². The zero-order valence-electron chi connectivity index (χ0n) is 17.5. The number of carbonyl (C=O) groups excluding carboxylic acids is 3. The van der Waals surface area contributed by atoms with Crippen molar-refractivity contribution in [1.82, 2.24) is 20.4 Å². The summed E-state index contributed by atoms with van der Waals surface area (Å²) in [5, 5.41) is 34.2. The molecule has 1 heterocycles. The van der Waals surface area contributed by atoms with Crippen molar-refractivity contribution < 1.29 is 29.7 Å². The predicted octanol–water partition coefficient (Wildman–Crippen LogP) is -1.22. The minimum atomic E-state index is -1.44. The zero-order valence-corrected chi connectivity index (χ0v) is 17.5. The monoisotopic (exact) mass is 422 g/mol. The molecule has 30 heavy (non-hydrogen) atoms. The number of hydrogen-bond donors (Lipinski definition) is 5. The lowest BCUT2D eigenvalue weighted by Gasteiger charge is -2.41. The van der Waals surface area contributed by atoms with Crippen LogP contribution in [-0.4, -0.2) is 94.8 Å². The number of phenols is 2. The fraction of sp³-hybridized carbons (Fsp3) is 0.550. The molecule has 166 valence electrons. The molecule has 0 aliphatic carbocycles. The fourth-order valence-corrected chi connectivity index (χ4v) is 3.08. The quantitative estimate of drug-likeness (QED) is 0.314. The first-order chi connectivity index (χ1) is 14.1. The van der Waals surface area contributed by atoms with Crippen molar-refractivity contribution in [2.24, 2.45) is 0 Å². The van der Waals surface area contributed by atoms with E-state index in [-0.39, 0.29) is 23.8 Å². The second-order valence-corrected chi connectivity index (χ2v) is 7.70. The number of aliphatic hydroxyl groups excluding tert-OH is 1. The lowest BCUT2D eigenvalue weighted by molar-refractivity contribution is -0.150. The summed E-state index contributed by atoms with van der Waals surface area (Å²) in [6.07, 6.45) is -0.973. The van der Waals surface area contributed by atoms with Gasteiger partial charge in [-0.3, -0.25) is 14.4 Å². The van der Waals surface area contributed by atoms with Crippen molar-refractivity contribution in [2.45, 2.75) is 38.0 Å². The molecule has 0 unspecified atom stereocenters. The Balaban J connectivity index is 1.84. The van der Waals surface area contributed by atoms with Crippen LogP contribution in [0.25, 0.3) is 0 Å². The summed E-state index contributed by atoms with van der Waals surface area (Å²) >= 11 is 0. The van der Waals surface area contributed by atoms with Gasteiger partial charge in [-0.25, -0.2) is 0 Å². The summed E-state index contributed by atoms with van der Waals surface area (Å²) < 4.78 is 0. The lowest BCUT2D eigenvalue weighted by atomic mass is 10.0. The zero-order chi connectivity index (χ0) is 22.4. The van der Waals surface area contributed by atoms with Crippen LogP contribution in [0.4, 0.5) is 0 Å². The van der Waals surface area contributed by atoms with Gasteiger partial charge in [0.05, 0.1) is 0 Å². The molecule has 0 bridgehead atoms. The second-order valence-electron chi connectivity index (χ2n) is 7.70. The van der Waals surface area contributed by atoms with Crippen LogP contribution in [0.5, 0.6) is 11.5 Å². The van der Waals surface area contributed by atoms with E-state index in [0.717, 1.165) is 0 Å². The van der Waals surface area contributed by atoms with Gasteiger partial charge in [-0.2, -0.15) is 0 Å². The van der Waals surface area contributed by atoms with Crippen molar-refractivity contribution in [3.63, 3.8) is 0 Å². The van der Waals surface area contributed by atoms with Crippen LogP contribution in [0.2, 0.25) is 0 Å².